The number of hydrogen-bond donors (Lipinski definition) is 2. The Kier molecular flexibility index (Phi) is 10.3. The third-order valence-corrected chi connectivity index (χ3v) is 7.57. The minimum absolute atomic E-state index is 0.113. The highest BCUT2D eigenvalue weighted by Crippen LogP contribution is 2.23. The van der Waals surface area contributed by atoms with Gasteiger partial charge in [-0.1, -0.05) is 11.6 Å². The van der Waals surface area contributed by atoms with Gasteiger partial charge in [-0.15, -0.1) is 0 Å². The molecule has 0 radical (unpaired) electrons. The fraction of sp³-hybridized carbons (Fsp3) is 0.593. The monoisotopic (exact) mass is 549 g/mol. The molecule has 0 unspecified atom stereocenters. The number of hydroxylamine groups is 1. The van der Waals surface area contributed by atoms with E-state index < -0.39 is 5.60 Å². The normalized spacial score (nSPS) is 15.9. The van der Waals surface area contributed by atoms with E-state index in [0.717, 1.165) is 43.5 Å². The Hall–Kier alpha value is -2.20. The second-order valence-electron chi connectivity index (χ2n) is 10.8. The second kappa shape index (κ2) is 13.0. The summed E-state index contributed by atoms with van der Waals surface area (Å²) < 4.78 is 0. The molecule has 3 rings (SSSR count). The average Bonchev–Trinajstić information content (AvgIpc) is 3.33. The largest absolute Gasteiger partial charge is 0.352 e. The highest BCUT2D eigenvalue weighted by Gasteiger charge is 2.30. The van der Waals surface area contributed by atoms with E-state index in [-0.39, 0.29) is 18.0 Å². The van der Waals surface area contributed by atoms with Crippen LogP contribution in [0.5, 0.6) is 0 Å². The summed E-state index contributed by atoms with van der Waals surface area (Å²) in [4.78, 5) is 39.9. The number of pyridine rings is 1. The summed E-state index contributed by atoms with van der Waals surface area (Å²) in [6.45, 7) is 14.5. The Balaban J connectivity index is 1.50. The number of rotatable bonds is 9. The van der Waals surface area contributed by atoms with Gasteiger partial charge in [-0.05, 0) is 94.8 Å². The number of likely N-dealkylation sites (tertiary alicyclic amines) is 1. The third-order valence-electron chi connectivity index (χ3n) is 6.64. The number of nitrogens with one attached hydrogen (secondary N) is 2. The van der Waals surface area contributed by atoms with Gasteiger partial charge in [0, 0.05) is 38.3 Å². The lowest BCUT2D eigenvalue weighted by atomic mass is 10.0. The Bertz CT molecular complexity index is 1030. The zero-order valence-corrected chi connectivity index (χ0v) is 24.3. The van der Waals surface area contributed by atoms with Crippen molar-refractivity contribution in [3.05, 3.63) is 50.4 Å². The molecule has 0 saturated carbocycles. The van der Waals surface area contributed by atoms with Crippen molar-refractivity contribution in [2.45, 2.75) is 85.0 Å². The van der Waals surface area contributed by atoms with Crippen molar-refractivity contribution in [1.29, 1.82) is 0 Å². The summed E-state index contributed by atoms with van der Waals surface area (Å²) in [6.07, 6.45) is 2.62. The Morgan fingerprint density at radius 2 is 2.00 bits per heavy atom. The number of carbonyl (C=O) groups excluding carboxylic acids is 2. The number of thiophene rings is 1. The molecular formula is C27H40ClN5O3S. The van der Waals surface area contributed by atoms with E-state index in [2.05, 4.69) is 39.1 Å². The standard InChI is InChI=1S/C27H40ClN5O3S/c1-18-15-23(28)30-20(3)24(18)25(34)29-11-7-19(2)32-12-8-22(9-13-32)33(16-21-10-14-37-17-21)26(35)31-36-27(4,5)6/h10,14-15,17,19,22H,7-9,11-13,16H2,1-6H3,(H,29,34)(H,31,35)/t19-/m1/s1. The molecule has 37 heavy (non-hydrogen) atoms. The molecule has 0 aromatic carbocycles. The molecule has 1 saturated heterocycles. The van der Waals surface area contributed by atoms with E-state index in [1.165, 1.54) is 0 Å². The van der Waals surface area contributed by atoms with Gasteiger partial charge in [0.2, 0.25) is 0 Å². The first-order valence-electron chi connectivity index (χ1n) is 12.9. The van der Waals surface area contributed by atoms with E-state index >= 15 is 0 Å². The predicted molar refractivity (Wildman–Crippen MR) is 149 cm³/mol. The third kappa shape index (κ3) is 8.67. The predicted octanol–water partition coefficient (Wildman–Crippen LogP) is 5.33. The topological polar surface area (TPSA) is 86.8 Å². The highest BCUT2D eigenvalue weighted by molar-refractivity contribution is 7.07. The van der Waals surface area contributed by atoms with Crippen molar-refractivity contribution in [2.24, 2.45) is 0 Å². The quantitative estimate of drug-likeness (QED) is 0.326. The molecule has 0 spiro atoms. The van der Waals surface area contributed by atoms with E-state index in [9.17, 15) is 9.59 Å². The molecule has 8 nitrogen and oxygen atoms in total. The van der Waals surface area contributed by atoms with Crippen molar-refractivity contribution in [3.63, 3.8) is 0 Å². The molecule has 1 aliphatic heterocycles. The van der Waals surface area contributed by atoms with Crippen molar-refractivity contribution in [1.82, 2.24) is 25.6 Å². The summed E-state index contributed by atoms with van der Waals surface area (Å²) >= 11 is 7.63. The lowest BCUT2D eigenvalue weighted by Crippen LogP contribution is -2.52. The maximum atomic E-state index is 13.0. The van der Waals surface area contributed by atoms with Gasteiger partial charge in [-0.3, -0.25) is 9.63 Å². The molecule has 1 atom stereocenters. The number of carbonyl (C=O) groups is 2. The first-order chi connectivity index (χ1) is 17.4. The summed E-state index contributed by atoms with van der Waals surface area (Å²) in [5.74, 6) is -0.113. The van der Waals surface area contributed by atoms with Gasteiger partial charge in [0.1, 0.15) is 5.15 Å². The molecule has 0 bridgehead atoms. The smallest absolute Gasteiger partial charge is 0.341 e. The second-order valence-corrected chi connectivity index (χ2v) is 11.9. The lowest BCUT2D eigenvalue weighted by molar-refractivity contribution is -0.0617. The molecule has 2 N–H and O–H groups in total. The number of amides is 3. The maximum absolute atomic E-state index is 13.0. The van der Waals surface area contributed by atoms with Crippen LogP contribution in [0, 0.1) is 13.8 Å². The number of piperidine rings is 1. The molecule has 0 aliphatic carbocycles. The van der Waals surface area contributed by atoms with Crippen LogP contribution in [0.25, 0.3) is 0 Å². The van der Waals surface area contributed by atoms with Crippen molar-refractivity contribution < 1.29 is 14.4 Å². The Labute approximate surface area is 229 Å². The summed E-state index contributed by atoms with van der Waals surface area (Å²) in [6, 6.07) is 4.03. The van der Waals surface area contributed by atoms with Crippen LogP contribution in [0.15, 0.2) is 22.9 Å². The highest BCUT2D eigenvalue weighted by atomic mass is 35.5. The van der Waals surface area contributed by atoms with Gasteiger partial charge in [-0.2, -0.15) is 11.3 Å². The fourth-order valence-electron chi connectivity index (χ4n) is 4.63. The number of hydrogen-bond acceptors (Lipinski definition) is 6. The van der Waals surface area contributed by atoms with Gasteiger partial charge < -0.3 is 15.1 Å². The SMILES string of the molecule is Cc1cc(Cl)nc(C)c1C(=O)NCC[C@@H](C)N1CCC(N(Cc2ccsc2)C(=O)NOC(C)(C)C)CC1. The number of nitrogens with zero attached hydrogens (tertiary/aromatic N) is 3. The molecule has 2 aromatic rings. The Morgan fingerprint density at radius 3 is 2.59 bits per heavy atom. The maximum Gasteiger partial charge on any atom is 0.341 e. The molecule has 2 aromatic heterocycles. The van der Waals surface area contributed by atoms with Crippen LogP contribution in [0.2, 0.25) is 5.15 Å². The first-order valence-corrected chi connectivity index (χ1v) is 14.2. The minimum Gasteiger partial charge on any atom is -0.352 e. The number of aryl methyl sites for hydroxylation is 2. The molecule has 1 fully saturated rings. The lowest BCUT2D eigenvalue weighted by Gasteiger charge is -2.40. The van der Waals surface area contributed by atoms with Crippen LogP contribution >= 0.6 is 22.9 Å². The van der Waals surface area contributed by atoms with E-state index in [1.807, 2.05) is 38.0 Å². The van der Waals surface area contributed by atoms with E-state index in [0.29, 0.717) is 35.5 Å². The number of aromatic nitrogens is 1. The first kappa shape index (κ1) is 29.4. The molecule has 3 amide bonds. The van der Waals surface area contributed by atoms with Gasteiger partial charge in [-0.25, -0.2) is 15.3 Å². The molecule has 3 heterocycles. The molecule has 204 valence electrons. The average molecular weight is 550 g/mol. The van der Waals surface area contributed by atoms with Gasteiger partial charge in [0.15, 0.2) is 0 Å². The van der Waals surface area contributed by atoms with Crippen LogP contribution in [0.1, 0.15) is 74.1 Å². The van der Waals surface area contributed by atoms with Crippen LogP contribution < -0.4 is 10.8 Å². The van der Waals surface area contributed by atoms with Gasteiger partial charge >= 0.3 is 6.03 Å². The van der Waals surface area contributed by atoms with Crippen molar-refractivity contribution in [3.8, 4) is 0 Å². The van der Waals surface area contributed by atoms with Crippen LogP contribution in [-0.2, 0) is 11.4 Å². The van der Waals surface area contributed by atoms with Crippen LogP contribution in [0.3, 0.4) is 0 Å². The van der Waals surface area contributed by atoms with Crippen LogP contribution in [-0.4, -0.2) is 64.0 Å². The zero-order valence-electron chi connectivity index (χ0n) is 22.8. The summed E-state index contributed by atoms with van der Waals surface area (Å²) in [7, 11) is 0. The zero-order chi connectivity index (χ0) is 27.2. The molecule has 10 heteroatoms. The number of urea groups is 1. The molecular weight excluding hydrogens is 510 g/mol. The van der Waals surface area contributed by atoms with Crippen LogP contribution in [0.4, 0.5) is 4.79 Å². The minimum atomic E-state index is -0.459. The van der Waals surface area contributed by atoms with Crippen molar-refractivity contribution >= 4 is 34.9 Å². The van der Waals surface area contributed by atoms with E-state index in [4.69, 9.17) is 16.4 Å². The fourth-order valence-corrected chi connectivity index (χ4v) is 5.58. The summed E-state index contributed by atoms with van der Waals surface area (Å²) in [5, 5.41) is 7.56. The van der Waals surface area contributed by atoms with E-state index in [1.54, 1.807) is 24.3 Å². The van der Waals surface area contributed by atoms with Gasteiger partial charge in [0.25, 0.3) is 5.91 Å². The Morgan fingerprint density at radius 1 is 1.30 bits per heavy atom. The van der Waals surface area contributed by atoms with Gasteiger partial charge in [0.05, 0.1) is 16.9 Å². The molecule has 1 aliphatic rings. The summed E-state index contributed by atoms with van der Waals surface area (Å²) in [5.41, 5.74) is 5.39. The number of halogens is 1. The van der Waals surface area contributed by atoms with Crippen molar-refractivity contribution in [2.75, 3.05) is 19.6 Å².